The van der Waals surface area contributed by atoms with E-state index in [9.17, 15) is 19.8 Å². The zero-order valence-electron chi connectivity index (χ0n) is 22.1. The number of carbonyl (C=O) groups excluding carboxylic acids is 2. The molecular formula is C29H31ClN4O6. The number of H-pyrrole nitrogens is 1. The van der Waals surface area contributed by atoms with Crippen molar-refractivity contribution in [2.45, 2.75) is 52.1 Å². The molecule has 0 aliphatic heterocycles. The van der Waals surface area contributed by atoms with Crippen molar-refractivity contribution in [2.24, 2.45) is 0 Å². The highest BCUT2D eigenvalue weighted by Crippen LogP contribution is 2.43. The Morgan fingerprint density at radius 2 is 1.90 bits per heavy atom. The summed E-state index contributed by atoms with van der Waals surface area (Å²) in [4.78, 5) is 30.8. The van der Waals surface area contributed by atoms with Crippen LogP contribution in [0.5, 0.6) is 17.2 Å². The van der Waals surface area contributed by atoms with Gasteiger partial charge in [-0.3, -0.25) is 4.79 Å². The third-order valence-corrected chi connectivity index (χ3v) is 6.56. The largest absolute Gasteiger partial charge is 0.507 e. The van der Waals surface area contributed by atoms with Gasteiger partial charge in [-0.1, -0.05) is 41.7 Å². The van der Waals surface area contributed by atoms with E-state index in [1.807, 2.05) is 0 Å². The third-order valence-electron chi connectivity index (χ3n) is 6.26. The summed E-state index contributed by atoms with van der Waals surface area (Å²) in [5, 5.41) is 27.0. The highest BCUT2D eigenvalue weighted by molar-refractivity contribution is 6.32. The standard InChI is InChI=1S/C29H31ClN4O6/c1-2-31-29(38)27-26(28(40-34-27)21-14-22(30)24(37)15-23(21)36)18-9-11-20(12-10-18)39-17-19-16-32-25(33-19)8-6-4-3-5-7-13-35/h9-16,36-37H,2-8,17H2,1H3,(H,31,38)(H,32,33). The molecule has 0 aliphatic rings. The SMILES string of the molecule is CCNC(=O)c1noc(-c2cc(Cl)c(O)cc2O)c1-c1ccc(OCc2cnc(CCCCCCC=O)[nH]2)cc1. The number of aromatic nitrogens is 3. The number of imidazole rings is 1. The summed E-state index contributed by atoms with van der Waals surface area (Å²) in [6.07, 6.45) is 8.21. The topological polar surface area (TPSA) is 151 Å². The lowest BCUT2D eigenvalue weighted by atomic mass is 9.98. The predicted octanol–water partition coefficient (Wildman–Crippen LogP) is 5.82. The zero-order valence-corrected chi connectivity index (χ0v) is 22.8. The number of benzene rings is 2. The fourth-order valence-corrected chi connectivity index (χ4v) is 4.40. The van der Waals surface area contributed by atoms with Gasteiger partial charge in [0.05, 0.1) is 28.0 Å². The lowest BCUT2D eigenvalue weighted by Crippen LogP contribution is -2.23. The first-order chi connectivity index (χ1) is 19.4. The first-order valence-electron chi connectivity index (χ1n) is 13.1. The van der Waals surface area contributed by atoms with Gasteiger partial charge in [-0.25, -0.2) is 4.98 Å². The summed E-state index contributed by atoms with van der Waals surface area (Å²) in [6, 6.07) is 9.49. The van der Waals surface area contributed by atoms with E-state index in [2.05, 4.69) is 20.4 Å². The van der Waals surface area contributed by atoms with Gasteiger partial charge in [0.25, 0.3) is 5.91 Å². The monoisotopic (exact) mass is 566 g/mol. The van der Waals surface area contributed by atoms with E-state index < -0.39 is 5.91 Å². The van der Waals surface area contributed by atoms with Gasteiger partial charge in [0.2, 0.25) is 0 Å². The van der Waals surface area contributed by atoms with Crippen LogP contribution in [0.2, 0.25) is 5.02 Å². The van der Waals surface area contributed by atoms with Crippen LogP contribution in [0.4, 0.5) is 0 Å². The minimum Gasteiger partial charge on any atom is -0.507 e. The van der Waals surface area contributed by atoms with Gasteiger partial charge in [-0.05, 0) is 43.5 Å². The number of amides is 1. The van der Waals surface area contributed by atoms with Crippen molar-refractivity contribution in [1.82, 2.24) is 20.4 Å². The smallest absolute Gasteiger partial charge is 0.274 e. The lowest BCUT2D eigenvalue weighted by molar-refractivity contribution is -0.107. The molecule has 1 amide bonds. The molecule has 0 unspecified atom stereocenters. The highest BCUT2D eigenvalue weighted by atomic mass is 35.5. The van der Waals surface area contributed by atoms with Gasteiger partial charge in [0.1, 0.15) is 36.0 Å². The number of nitrogens with one attached hydrogen (secondary N) is 2. The molecule has 2 aromatic carbocycles. The number of halogens is 1. The molecule has 210 valence electrons. The normalized spacial score (nSPS) is 10.9. The number of rotatable bonds is 14. The summed E-state index contributed by atoms with van der Waals surface area (Å²) in [5.74, 6) is 0.627. The van der Waals surface area contributed by atoms with Crippen LogP contribution in [-0.4, -0.2) is 44.1 Å². The minimum absolute atomic E-state index is 0.00927. The van der Waals surface area contributed by atoms with Crippen LogP contribution in [-0.2, 0) is 17.8 Å². The Bertz CT molecular complexity index is 1450. The fourth-order valence-electron chi connectivity index (χ4n) is 4.23. The first-order valence-corrected chi connectivity index (χ1v) is 13.5. The number of aryl methyl sites for hydroxylation is 1. The zero-order chi connectivity index (χ0) is 28.5. The van der Waals surface area contributed by atoms with Crippen LogP contribution in [0.15, 0.2) is 47.1 Å². The molecule has 0 saturated heterocycles. The molecule has 4 aromatic rings. The summed E-state index contributed by atoms with van der Waals surface area (Å²) < 4.78 is 11.4. The molecule has 0 spiro atoms. The van der Waals surface area contributed by atoms with Gasteiger partial charge in [-0.2, -0.15) is 0 Å². The van der Waals surface area contributed by atoms with Gasteiger partial charge in [0.15, 0.2) is 11.5 Å². The van der Waals surface area contributed by atoms with E-state index in [-0.39, 0.29) is 33.5 Å². The Morgan fingerprint density at radius 1 is 1.12 bits per heavy atom. The molecule has 11 heteroatoms. The summed E-state index contributed by atoms with van der Waals surface area (Å²) >= 11 is 6.07. The molecule has 40 heavy (non-hydrogen) atoms. The maximum absolute atomic E-state index is 12.7. The first kappa shape index (κ1) is 28.7. The number of hydrogen-bond acceptors (Lipinski definition) is 8. The van der Waals surface area contributed by atoms with Crippen molar-refractivity contribution in [2.75, 3.05) is 6.54 Å². The van der Waals surface area contributed by atoms with Gasteiger partial charge >= 0.3 is 0 Å². The van der Waals surface area contributed by atoms with E-state index >= 15 is 0 Å². The third kappa shape index (κ3) is 7.01. The van der Waals surface area contributed by atoms with E-state index in [1.54, 1.807) is 37.4 Å². The molecule has 10 nitrogen and oxygen atoms in total. The number of nitrogens with zero attached hydrogens (tertiary/aromatic N) is 2. The van der Waals surface area contributed by atoms with Crippen LogP contribution in [0.1, 0.15) is 61.0 Å². The average Bonchev–Trinajstić information content (AvgIpc) is 3.59. The Morgan fingerprint density at radius 3 is 2.65 bits per heavy atom. The molecular weight excluding hydrogens is 536 g/mol. The molecule has 0 fully saturated rings. The molecule has 2 aromatic heterocycles. The second-order valence-corrected chi connectivity index (χ2v) is 9.61. The van der Waals surface area contributed by atoms with Crippen LogP contribution in [0, 0.1) is 0 Å². The van der Waals surface area contributed by atoms with Crippen molar-refractivity contribution in [1.29, 1.82) is 0 Å². The maximum Gasteiger partial charge on any atom is 0.274 e. The molecule has 0 aliphatic carbocycles. The van der Waals surface area contributed by atoms with E-state index in [0.29, 0.717) is 36.4 Å². The number of phenolic OH excluding ortho intramolecular Hbond substituents is 2. The number of unbranched alkanes of at least 4 members (excludes halogenated alkanes) is 4. The summed E-state index contributed by atoms with van der Waals surface area (Å²) in [5.41, 5.74) is 2.03. The van der Waals surface area contributed by atoms with Crippen molar-refractivity contribution in [3.8, 4) is 39.7 Å². The van der Waals surface area contributed by atoms with Crippen molar-refractivity contribution in [3.05, 3.63) is 64.8 Å². The van der Waals surface area contributed by atoms with Crippen molar-refractivity contribution >= 4 is 23.8 Å². The Kier molecular flexibility index (Phi) is 9.80. The predicted molar refractivity (Wildman–Crippen MR) is 149 cm³/mol. The Labute approximate surface area is 236 Å². The fraction of sp³-hybridized carbons (Fsp3) is 0.310. The van der Waals surface area contributed by atoms with Crippen LogP contribution in [0.25, 0.3) is 22.5 Å². The molecule has 0 saturated carbocycles. The van der Waals surface area contributed by atoms with Gasteiger partial charge in [0, 0.05) is 25.5 Å². The van der Waals surface area contributed by atoms with Crippen LogP contribution >= 0.6 is 11.6 Å². The van der Waals surface area contributed by atoms with Crippen molar-refractivity contribution in [3.63, 3.8) is 0 Å². The summed E-state index contributed by atoms with van der Waals surface area (Å²) in [7, 11) is 0. The molecule has 4 rings (SSSR count). The molecule has 0 atom stereocenters. The minimum atomic E-state index is -0.437. The Hall–Kier alpha value is -4.31. The number of aldehydes is 1. The number of aromatic amines is 1. The van der Waals surface area contributed by atoms with E-state index in [1.165, 1.54) is 6.07 Å². The molecule has 2 heterocycles. The Balaban J connectivity index is 1.47. The number of ether oxygens (including phenoxy) is 1. The van der Waals surface area contributed by atoms with E-state index in [4.69, 9.17) is 20.9 Å². The van der Waals surface area contributed by atoms with Crippen molar-refractivity contribution < 1.29 is 29.1 Å². The number of carbonyl (C=O) groups is 2. The highest BCUT2D eigenvalue weighted by Gasteiger charge is 2.26. The number of aromatic hydroxyl groups is 2. The molecule has 4 N–H and O–H groups in total. The quantitative estimate of drug-likeness (QED) is 0.110. The maximum atomic E-state index is 12.7. The van der Waals surface area contributed by atoms with Gasteiger partial charge < -0.3 is 34.6 Å². The van der Waals surface area contributed by atoms with Crippen LogP contribution in [0.3, 0.4) is 0 Å². The number of hydrogen-bond donors (Lipinski definition) is 4. The second kappa shape index (κ2) is 13.7. The molecule has 0 radical (unpaired) electrons. The summed E-state index contributed by atoms with van der Waals surface area (Å²) in [6.45, 7) is 2.48. The molecule has 0 bridgehead atoms. The van der Waals surface area contributed by atoms with Crippen LogP contribution < -0.4 is 10.1 Å². The second-order valence-electron chi connectivity index (χ2n) is 9.20. The lowest BCUT2D eigenvalue weighted by Gasteiger charge is -2.09. The average molecular weight is 567 g/mol. The number of phenols is 2. The van der Waals surface area contributed by atoms with Gasteiger partial charge in [-0.15, -0.1) is 0 Å². The van der Waals surface area contributed by atoms with E-state index in [0.717, 1.165) is 56.0 Å².